The molecule has 1 aromatic heterocycles. The molecule has 0 aliphatic carbocycles. The molecule has 1 aromatic rings. The Kier molecular flexibility index (Phi) is 5.63. The highest BCUT2D eigenvalue weighted by atomic mass is 16.5. The standard InChI is InChI=1S/C18H28N2O3/c1-6-23-18(22)15-12(3)16(19-13(15)4)17(21)14(5)20-9-7-11(2)8-10-20/h11,14,19H,6-10H2,1-5H3/p+1/t14-/m1/s1. The molecular weight excluding hydrogens is 292 g/mol. The molecule has 23 heavy (non-hydrogen) atoms. The molecule has 0 spiro atoms. The number of ether oxygens (including phenoxy) is 1. The molecule has 0 saturated carbocycles. The van der Waals surface area contributed by atoms with E-state index in [2.05, 4.69) is 11.9 Å². The molecule has 1 saturated heterocycles. The summed E-state index contributed by atoms with van der Waals surface area (Å²) in [4.78, 5) is 29.4. The molecule has 0 unspecified atom stereocenters. The van der Waals surface area contributed by atoms with E-state index in [0.717, 1.165) is 19.0 Å². The van der Waals surface area contributed by atoms with E-state index in [1.165, 1.54) is 17.7 Å². The second-order valence-corrected chi connectivity index (χ2v) is 6.77. The number of Topliss-reactive ketones (excluding diaryl/α,β-unsaturated/α-hetero) is 1. The zero-order chi connectivity index (χ0) is 17.1. The Hall–Kier alpha value is -1.62. The Morgan fingerprint density at radius 1 is 1.30 bits per heavy atom. The van der Waals surface area contributed by atoms with Crippen LogP contribution in [0.4, 0.5) is 0 Å². The molecule has 1 atom stereocenters. The molecule has 128 valence electrons. The first-order valence-corrected chi connectivity index (χ1v) is 8.61. The van der Waals surface area contributed by atoms with Gasteiger partial charge in [0.25, 0.3) is 0 Å². The molecule has 0 radical (unpaired) electrons. The SMILES string of the molecule is CCOC(=O)c1c(C)[nH]c(C(=O)[C@@H](C)[NH+]2CCC(C)CC2)c1C. The largest absolute Gasteiger partial charge is 0.462 e. The summed E-state index contributed by atoms with van der Waals surface area (Å²) in [5, 5.41) is 0. The molecule has 1 fully saturated rings. The fraction of sp³-hybridized carbons (Fsp3) is 0.667. The van der Waals surface area contributed by atoms with Crippen LogP contribution in [0.5, 0.6) is 0 Å². The second-order valence-electron chi connectivity index (χ2n) is 6.77. The van der Waals surface area contributed by atoms with Crippen molar-refractivity contribution in [2.24, 2.45) is 5.92 Å². The van der Waals surface area contributed by atoms with Gasteiger partial charge in [-0.25, -0.2) is 4.79 Å². The van der Waals surface area contributed by atoms with E-state index in [1.54, 1.807) is 6.92 Å². The van der Waals surface area contributed by atoms with Crippen LogP contribution in [0.3, 0.4) is 0 Å². The lowest BCUT2D eigenvalue weighted by Crippen LogP contribution is -3.17. The van der Waals surface area contributed by atoms with Crippen molar-refractivity contribution < 1.29 is 19.2 Å². The molecule has 1 aliphatic heterocycles. The summed E-state index contributed by atoms with van der Waals surface area (Å²) in [5.41, 5.74) is 2.48. The van der Waals surface area contributed by atoms with E-state index in [4.69, 9.17) is 4.74 Å². The number of hydrogen-bond donors (Lipinski definition) is 2. The highest BCUT2D eigenvalue weighted by molar-refractivity contribution is 6.03. The Bertz CT molecular complexity index is 583. The second kappa shape index (κ2) is 7.30. The molecule has 0 bridgehead atoms. The number of rotatable bonds is 5. The molecular formula is C18H29N2O3+. The van der Waals surface area contributed by atoms with Crippen molar-refractivity contribution in [1.29, 1.82) is 0 Å². The fourth-order valence-electron chi connectivity index (χ4n) is 3.47. The molecule has 1 aliphatic rings. The van der Waals surface area contributed by atoms with Crippen LogP contribution < -0.4 is 4.90 Å². The molecule has 2 N–H and O–H groups in total. The van der Waals surface area contributed by atoms with Gasteiger partial charge in [-0.1, -0.05) is 6.92 Å². The van der Waals surface area contributed by atoms with Crippen molar-refractivity contribution in [3.8, 4) is 0 Å². The number of carbonyl (C=O) groups is 2. The maximum absolute atomic E-state index is 12.9. The Labute approximate surface area is 138 Å². The van der Waals surface area contributed by atoms with Crippen molar-refractivity contribution in [1.82, 2.24) is 4.98 Å². The van der Waals surface area contributed by atoms with E-state index in [1.807, 2.05) is 20.8 Å². The van der Waals surface area contributed by atoms with Gasteiger partial charge >= 0.3 is 5.97 Å². The lowest BCUT2D eigenvalue weighted by Gasteiger charge is -2.31. The van der Waals surface area contributed by atoms with Crippen molar-refractivity contribution >= 4 is 11.8 Å². The van der Waals surface area contributed by atoms with Gasteiger partial charge in [0.1, 0.15) is 6.04 Å². The van der Waals surface area contributed by atoms with E-state index in [0.29, 0.717) is 29.1 Å². The number of H-pyrrole nitrogens is 1. The Balaban J connectivity index is 2.19. The lowest BCUT2D eigenvalue weighted by molar-refractivity contribution is -0.919. The smallest absolute Gasteiger partial charge is 0.340 e. The zero-order valence-corrected chi connectivity index (χ0v) is 14.9. The van der Waals surface area contributed by atoms with Gasteiger partial charge in [-0.05, 0) is 52.0 Å². The average molecular weight is 321 g/mol. The summed E-state index contributed by atoms with van der Waals surface area (Å²) >= 11 is 0. The zero-order valence-electron chi connectivity index (χ0n) is 14.9. The van der Waals surface area contributed by atoms with E-state index < -0.39 is 0 Å². The summed E-state index contributed by atoms with van der Waals surface area (Å²) in [6.07, 6.45) is 2.34. The van der Waals surface area contributed by atoms with Gasteiger partial charge in [-0.2, -0.15) is 0 Å². The molecule has 5 nitrogen and oxygen atoms in total. The highest BCUT2D eigenvalue weighted by Crippen LogP contribution is 2.20. The van der Waals surface area contributed by atoms with E-state index in [9.17, 15) is 9.59 Å². The van der Waals surface area contributed by atoms with Crippen LogP contribution in [0.15, 0.2) is 0 Å². The lowest BCUT2D eigenvalue weighted by atomic mass is 9.96. The summed E-state index contributed by atoms with van der Waals surface area (Å²) in [6.45, 7) is 12.1. The predicted molar refractivity (Wildman–Crippen MR) is 89.1 cm³/mol. The van der Waals surface area contributed by atoms with Crippen molar-refractivity contribution in [3.05, 3.63) is 22.5 Å². The summed E-state index contributed by atoms with van der Waals surface area (Å²) in [7, 11) is 0. The van der Waals surface area contributed by atoms with Gasteiger partial charge in [0.15, 0.2) is 0 Å². The maximum atomic E-state index is 12.9. The van der Waals surface area contributed by atoms with Crippen LogP contribution >= 0.6 is 0 Å². The molecule has 2 rings (SSSR count). The topological polar surface area (TPSA) is 63.6 Å². The third-order valence-electron chi connectivity index (χ3n) is 5.09. The third kappa shape index (κ3) is 3.66. The van der Waals surface area contributed by atoms with Crippen LogP contribution in [0.25, 0.3) is 0 Å². The van der Waals surface area contributed by atoms with Gasteiger partial charge in [0.2, 0.25) is 5.78 Å². The monoisotopic (exact) mass is 321 g/mol. The number of aromatic amines is 1. The maximum Gasteiger partial charge on any atom is 0.340 e. The molecule has 0 amide bonds. The van der Waals surface area contributed by atoms with Crippen LogP contribution in [-0.2, 0) is 4.74 Å². The van der Waals surface area contributed by atoms with Crippen LogP contribution in [0.2, 0.25) is 0 Å². The van der Waals surface area contributed by atoms with Crippen LogP contribution in [0.1, 0.15) is 65.7 Å². The molecule has 2 heterocycles. The van der Waals surface area contributed by atoms with E-state index in [-0.39, 0.29) is 17.8 Å². The van der Waals surface area contributed by atoms with Gasteiger partial charge in [-0.3, -0.25) is 4.79 Å². The number of aryl methyl sites for hydroxylation is 1. The fourth-order valence-corrected chi connectivity index (χ4v) is 3.47. The van der Waals surface area contributed by atoms with Crippen LogP contribution in [0, 0.1) is 19.8 Å². The number of hydrogen-bond acceptors (Lipinski definition) is 3. The number of likely N-dealkylation sites (tertiary alicyclic amines) is 1. The molecule has 0 aromatic carbocycles. The first-order valence-electron chi connectivity index (χ1n) is 8.61. The molecule has 5 heteroatoms. The number of esters is 1. The normalized spacial score (nSPS) is 22.7. The Morgan fingerprint density at radius 3 is 2.48 bits per heavy atom. The van der Waals surface area contributed by atoms with Gasteiger partial charge in [0.05, 0.1) is 31.0 Å². The third-order valence-corrected chi connectivity index (χ3v) is 5.09. The van der Waals surface area contributed by atoms with Crippen molar-refractivity contribution in [3.63, 3.8) is 0 Å². The summed E-state index contributed by atoms with van der Waals surface area (Å²) in [5.74, 6) is 0.487. The van der Waals surface area contributed by atoms with E-state index >= 15 is 0 Å². The van der Waals surface area contributed by atoms with Crippen molar-refractivity contribution in [2.75, 3.05) is 19.7 Å². The summed E-state index contributed by atoms with van der Waals surface area (Å²) < 4.78 is 5.10. The van der Waals surface area contributed by atoms with Gasteiger partial charge in [-0.15, -0.1) is 0 Å². The van der Waals surface area contributed by atoms with Gasteiger partial charge < -0.3 is 14.6 Å². The Morgan fingerprint density at radius 2 is 1.91 bits per heavy atom. The number of quaternary nitrogens is 1. The van der Waals surface area contributed by atoms with Crippen molar-refractivity contribution in [2.45, 2.75) is 53.5 Å². The minimum Gasteiger partial charge on any atom is -0.462 e. The predicted octanol–water partition coefficient (Wildman–Crippen LogP) is 1.69. The summed E-state index contributed by atoms with van der Waals surface area (Å²) in [6, 6.07) is -0.0886. The minimum atomic E-state index is -0.357. The number of ketones is 1. The van der Waals surface area contributed by atoms with Crippen LogP contribution in [-0.4, -0.2) is 42.5 Å². The number of nitrogens with one attached hydrogen (secondary N) is 2. The number of piperidine rings is 1. The highest BCUT2D eigenvalue weighted by Gasteiger charge is 2.32. The number of aromatic nitrogens is 1. The minimum absolute atomic E-state index is 0.0886. The first kappa shape index (κ1) is 17.7. The quantitative estimate of drug-likeness (QED) is 0.641. The van der Waals surface area contributed by atoms with Gasteiger partial charge in [0, 0.05) is 5.69 Å². The average Bonchev–Trinajstić information content (AvgIpc) is 2.81. The number of carbonyl (C=O) groups excluding carboxylic acids is 2. The first-order chi connectivity index (χ1) is 10.9.